The summed E-state index contributed by atoms with van der Waals surface area (Å²) in [5.41, 5.74) is 1.06. The van der Waals surface area contributed by atoms with Gasteiger partial charge in [-0.25, -0.2) is 0 Å². The van der Waals surface area contributed by atoms with Crippen molar-refractivity contribution in [2.75, 3.05) is 19.6 Å². The summed E-state index contributed by atoms with van der Waals surface area (Å²) in [4.78, 5) is 18.8. The summed E-state index contributed by atoms with van der Waals surface area (Å²) in [5, 5.41) is 3.01. The monoisotopic (exact) mass is 339 g/mol. The summed E-state index contributed by atoms with van der Waals surface area (Å²) in [6.07, 6.45) is 4.90. The van der Waals surface area contributed by atoms with Crippen LogP contribution in [0.5, 0.6) is 0 Å². The van der Waals surface area contributed by atoms with Crippen molar-refractivity contribution in [2.24, 2.45) is 5.92 Å². The van der Waals surface area contributed by atoms with Crippen molar-refractivity contribution in [3.63, 3.8) is 0 Å². The second kappa shape index (κ2) is 7.74. The molecular formula is C15H22BrN3O. The number of hydrogen-bond acceptors (Lipinski definition) is 3. The number of halogens is 1. The summed E-state index contributed by atoms with van der Waals surface area (Å²) in [7, 11) is 0. The quantitative estimate of drug-likeness (QED) is 0.896. The van der Waals surface area contributed by atoms with Gasteiger partial charge in [0.15, 0.2) is 0 Å². The van der Waals surface area contributed by atoms with Gasteiger partial charge < -0.3 is 5.32 Å². The first kappa shape index (κ1) is 15.4. The van der Waals surface area contributed by atoms with Gasteiger partial charge in [-0.05, 0) is 53.9 Å². The second-order valence-corrected chi connectivity index (χ2v) is 6.25. The van der Waals surface area contributed by atoms with Crippen LogP contribution in [-0.4, -0.2) is 35.4 Å². The highest BCUT2D eigenvalue weighted by atomic mass is 79.9. The van der Waals surface area contributed by atoms with Gasteiger partial charge in [0.25, 0.3) is 0 Å². The smallest absolute Gasteiger partial charge is 0.224 e. The lowest BCUT2D eigenvalue weighted by Crippen LogP contribution is -2.42. The number of pyridine rings is 1. The summed E-state index contributed by atoms with van der Waals surface area (Å²) < 4.78 is 0.997. The van der Waals surface area contributed by atoms with Gasteiger partial charge in [0.2, 0.25) is 5.91 Å². The van der Waals surface area contributed by atoms with Crippen molar-refractivity contribution in [1.29, 1.82) is 0 Å². The Labute approximate surface area is 129 Å². The standard InChI is InChI=1S/C15H22BrN3O/c1-2-7-17-15(20)12-4-3-8-19(10-12)11-14-6-5-13(16)9-18-14/h5-6,9,12H,2-4,7-8,10-11H2,1H3,(H,17,20)/t12-/m1/s1. The molecule has 1 atom stereocenters. The zero-order chi connectivity index (χ0) is 14.4. The van der Waals surface area contributed by atoms with Crippen LogP contribution >= 0.6 is 15.9 Å². The Balaban J connectivity index is 1.86. The van der Waals surface area contributed by atoms with Gasteiger partial charge in [-0.3, -0.25) is 14.7 Å². The van der Waals surface area contributed by atoms with E-state index in [1.807, 2.05) is 18.3 Å². The van der Waals surface area contributed by atoms with Crippen molar-refractivity contribution in [1.82, 2.24) is 15.2 Å². The van der Waals surface area contributed by atoms with Gasteiger partial charge in [0, 0.05) is 30.3 Å². The lowest BCUT2D eigenvalue weighted by Gasteiger charge is -2.31. The topological polar surface area (TPSA) is 45.2 Å². The third-order valence-corrected chi connectivity index (χ3v) is 4.07. The largest absolute Gasteiger partial charge is 0.356 e. The molecule has 0 spiro atoms. The molecule has 0 radical (unpaired) electrons. The minimum atomic E-state index is 0.130. The Kier molecular flexibility index (Phi) is 5.98. The molecule has 0 unspecified atom stereocenters. The summed E-state index contributed by atoms with van der Waals surface area (Å²) >= 11 is 3.39. The van der Waals surface area contributed by atoms with Crippen LogP contribution in [0.3, 0.4) is 0 Å². The van der Waals surface area contributed by atoms with Gasteiger partial charge in [0.1, 0.15) is 0 Å². The molecule has 1 fully saturated rings. The highest BCUT2D eigenvalue weighted by Crippen LogP contribution is 2.18. The predicted octanol–water partition coefficient (Wildman–Crippen LogP) is 2.58. The van der Waals surface area contributed by atoms with Gasteiger partial charge >= 0.3 is 0 Å². The third-order valence-electron chi connectivity index (χ3n) is 3.60. The van der Waals surface area contributed by atoms with Crippen LogP contribution in [-0.2, 0) is 11.3 Å². The summed E-state index contributed by atoms with van der Waals surface area (Å²) in [5.74, 6) is 0.339. The van der Waals surface area contributed by atoms with Crippen LogP contribution in [0.25, 0.3) is 0 Å². The lowest BCUT2D eigenvalue weighted by molar-refractivity contribution is -0.126. The van der Waals surface area contributed by atoms with E-state index in [1.54, 1.807) is 0 Å². The maximum atomic E-state index is 12.0. The Morgan fingerprint density at radius 2 is 2.40 bits per heavy atom. The van der Waals surface area contributed by atoms with Crippen LogP contribution in [0, 0.1) is 5.92 Å². The zero-order valence-corrected chi connectivity index (χ0v) is 13.5. The predicted molar refractivity (Wildman–Crippen MR) is 83.2 cm³/mol. The lowest BCUT2D eigenvalue weighted by atomic mass is 9.97. The third kappa shape index (κ3) is 4.56. The van der Waals surface area contributed by atoms with E-state index in [0.29, 0.717) is 0 Å². The molecule has 0 bridgehead atoms. The van der Waals surface area contributed by atoms with Crippen molar-refractivity contribution in [3.05, 3.63) is 28.5 Å². The number of nitrogens with one attached hydrogen (secondary N) is 1. The first-order valence-electron chi connectivity index (χ1n) is 7.29. The number of rotatable bonds is 5. The molecule has 1 aliphatic heterocycles. The van der Waals surface area contributed by atoms with Crippen LogP contribution < -0.4 is 5.32 Å². The molecule has 1 aliphatic rings. The van der Waals surface area contributed by atoms with Crippen molar-refractivity contribution >= 4 is 21.8 Å². The summed E-state index contributed by atoms with van der Waals surface area (Å²) in [6, 6.07) is 4.04. The Morgan fingerprint density at radius 1 is 1.55 bits per heavy atom. The molecule has 4 nitrogen and oxygen atoms in total. The molecule has 0 aliphatic carbocycles. The Hall–Kier alpha value is -0.940. The van der Waals surface area contributed by atoms with E-state index >= 15 is 0 Å². The van der Waals surface area contributed by atoms with E-state index in [4.69, 9.17) is 0 Å². The highest BCUT2D eigenvalue weighted by molar-refractivity contribution is 9.10. The van der Waals surface area contributed by atoms with E-state index in [9.17, 15) is 4.79 Å². The van der Waals surface area contributed by atoms with Gasteiger partial charge in [-0.15, -0.1) is 0 Å². The first-order valence-corrected chi connectivity index (χ1v) is 8.09. The Morgan fingerprint density at radius 3 is 3.10 bits per heavy atom. The SMILES string of the molecule is CCCNC(=O)[C@@H]1CCCN(Cc2ccc(Br)cn2)C1. The summed E-state index contributed by atoms with van der Waals surface area (Å²) in [6.45, 7) is 5.57. The number of carbonyl (C=O) groups excluding carboxylic acids is 1. The average molecular weight is 340 g/mol. The Bertz CT molecular complexity index is 435. The molecule has 0 aromatic carbocycles. The minimum Gasteiger partial charge on any atom is -0.356 e. The van der Waals surface area contributed by atoms with Crippen LogP contribution in [0.15, 0.2) is 22.8 Å². The van der Waals surface area contributed by atoms with Crippen molar-refractivity contribution in [2.45, 2.75) is 32.7 Å². The normalized spacial score (nSPS) is 19.8. The molecule has 2 rings (SSSR count). The number of hydrogen-bond donors (Lipinski definition) is 1. The van der Waals surface area contributed by atoms with E-state index in [1.165, 1.54) is 0 Å². The van der Waals surface area contributed by atoms with Gasteiger partial charge in [-0.2, -0.15) is 0 Å². The van der Waals surface area contributed by atoms with Crippen LogP contribution in [0.2, 0.25) is 0 Å². The van der Waals surface area contributed by atoms with E-state index < -0.39 is 0 Å². The molecule has 1 amide bonds. The number of likely N-dealkylation sites (tertiary alicyclic amines) is 1. The number of amides is 1. The average Bonchev–Trinajstić information content (AvgIpc) is 2.47. The molecule has 1 N–H and O–H groups in total. The van der Waals surface area contributed by atoms with E-state index in [2.05, 4.69) is 38.1 Å². The van der Waals surface area contributed by atoms with E-state index in [0.717, 1.165) is 55.6 Å². The number of piperidine rings is 1. The number of nitrogens with zero attached hydrogens (tertiary/aromatic N) is 2. The van der Waals surface area contributed by atoms with Crippen LogP contribution in [0.1, 0.15) is 31.9 Å². The molecule has 1 aromatic rings. The number of aromatic nitrogens is 1. The molecule has 0 saturated carbocycles. The number of carbonyl (C=O) groups is 1. The second-order valence-electron chi connectivity index (χ2n) is 5.33. The fourth-order valence-electron chi connectivity index (χ4n) is 2.53. The van der Waals surface area contributed by atoms with Crippen molar-refractivity contribution in [3.8, 4) is 0 Å². The molecule has 1 aromatic heterocycles. The first-order chi connectivity index (χ1) is 9.69. The van der Waals surface area contributed by atoms with Crippen LogP contribution in [0.4, 0.5) is 0 Å². The van der Waals surface area contributed by atoms with Gasteiger partial charge in [0.05, 0.1) is 11.6 Å². The van der Waals surface area contributed by atoms with Crippen molar-refractivity contribution < 1.29 is 4.79 Å². The maximum Gasteiger partial charge on any atom is 0.224 e. The maximum absolute atomic E-state index is 12.0. The van der Waals surface area contributed by atoms with E-state index in [-0.39, 0.29) is 11.8 Å². The molecular weight excluding hydrogens is 318 g/mol. The fourth-order valence-corrected chi connectivity index (χ4v) is 2.77. The fraction of sp³-hybridized carbons (Fsp3) is 0.600. The molecule has 2 heterocycles. The highest BCUT2D eigenvalue weighted by Gasteiger charge is 2.25. The van der Waals surface area contributed by atoms with Gasteiger partial charge in [-0.1, -0.05) is 6.92 Å². The molecule has 1 saturated heterocycles. The molecule has 20 heavy (non-hydrogen) atoms. The molecule has 110 valence electrons. The molecule has 5 heteroatoms. The minimum absolute atomic E-state index is 0.130. The zero-order valence-electron chi connectivity index (χ0n) is 11.9.